The first kappa shape index (κ1) is 22.9. The molecule has 0 aliphatic carbocycles. The van der Waals surface area contributed by atoms with Crippen molar-refractivity contribution in [1.29, 1.82) is 0 Å². The van der Waals surface area contributed by atoms with Crippen molar-refractivity contribution < 1.29 is 32.2 Å². The zero-order chi connectivity index (χ0) is 23.6. The van der Waals surface area contributed by atoms with Gasteiger partial charge in [0.1, 0.15) is 23.4 Å². The minimum absolute atomic E-state index is 0.0694. The number of para-hydroxylation sites is 1. The third kappa shape index (κ3) is 5.23. The zero-order valence-corrected chi connectivity index (χ0v) is 18.2. The summed E-state index contributed by atoms with van der Waals surface area (Å²) < 4.78 is 47.8. The van der Waals surface area contributed by atoms with Crippen molar-refractivity contribution in [3.8, 4) is 11.5 Å². The molecule has 1 unspecified atom stereocenters. The number of ether oxygens (including phenoxy) is 2. The predicted octanol–water partition coefficient (Wildman–Crippen LogP) is 5.07. The lowest BCUT2D eigenvalue weighted by Gasteiger charge is -2.46. The maximum Gasteiger partial charge on any atom is 0.422 e. The number of urea groups is 1. The molecular formula is C24H25F3N2O4. The SMILES string of the molecule is Cc1cccc2c1OC1(CCN(C(=O)Nc3ccc(OCC(F)(F)F)cc3)CC1)CC2C=O. The number of halogens is 3. The number of piperidine rings is 1. The summed E-state index contributed by atoms with van der Waals surface area (Å²) in [6.07, 6.45) is -1.65. The standard InChI is InChI=1S/C24H25F3N2O4/c1-16-3-2-4-20-17(14-30)13-23(33-21(16)20)9-11-29(12-10-23)22(31)28-18-5-7-19(8-6-18)32-15-24(25,26)27/h2-8,14,17H,9-13,15H2,1H3,(H,28,31). The van der Waals surface area contributed by atoms with E-state index in [1.165, 1.54) is 24.3 Å². The molecule has 2 aliphatic rings. The van der Waals surface area contributed by atoms with Crippen LogP contribution in [0.5, 0.6) is 11.5 Å². The fraction of sp³-hybridized carbons (Fsp3) is 0.417. The molecule has 9 heteroatoms. The number of amides is 2. The number of aldehydes is 1. The van der Waals surface area contributed by atoms with Gasteiger partial charge >= 0.3 is 12.2 Å². The van der Waals surface area contributed by atoms with Crippen molar-refractivity contribution in [3.05, 3.63) is 53.6 Å². The van der Waals surface area contributed by atoms with Gasteiger partial charge in [-0.05, 0) is 36.8 Å². The first-order valence-corrected chi connectivity index (χ1v) is 10.8. The van der Waals surface area contributed by atoms with Gasteiger partial charge in [-0.3, -0.25) is 0 Å². The third-order valence-electron chi connectivity index (χ3n) is 6.19. The van der Waals surface area contributed by atoms with Gasteiger partial charge in [-0.1, -0.05) is 18.2 Å². The first-order chi connectivity index (χ1) is 15.7. The van der Waals surface area contributed by atoms with Crippen molar-refractivity contribution >= 4 is 18.0 Å². The molecule has 1 fully saturated rings. The molecule has 0 aromatic heterocycles. The van der Waals surface area contributed by atoms with Crippen molar-refractivity contribution in [2.75, 3.05) is 25.0 Å². The Labute approximate surface area is 189 Å². The van der Waals surface area contributed by atoms with E-state index in [2.05, 4.69) is 10.1 Å². The Bertz CT molecular complexity index is 1020. The van der Waals surface area contributed by atoms with Crippen molar-refractivity contribution in [2.45, 2.75) is 43.9 Å². The highest BCUT2D eigenvalue weighted by Crippen LogP contribution is 2.45. The lowest BCUT2D eigenvalue weighted by Crippen LogP contribution is -2.52. The average Bonchev–Trinajstić information content (AvgIpc) is 2.79. The molecule has 1 saturated heterocycles. The van der Waals surface area contributed by atoms with Gasteiger partial charge in [0.25, 0.3) is 0 Å². The maximum absolute atomic E-state index is 12.7. The molecule has 1 atom stereocenters. The molecule has 33 heavy (non-hydrogen) atoms. The minimum atomic E-state index is -4.41. The number of likely N-dealkylation sites (tertiary alicyclic amines) is 1. The van der Waals surface area contributed by atoms with Gasteiger partial charge in [0.15, 0.2) is 6.61 Å². The number of rotatable bonds is 4. The van der Waals surface area contributed by atoms with Gasteiger partial charge in [-0.2, -0.15) is 13.2 Å². The first-order valence-electron chi connectivity index (χ1n) is 10.8. The Hall–Kier alpha value is -3.23. The molecule has 2 aromatic carbocycles. The van der Waals surface area contributed by atoms with E-state index in [0.717, 1.165) is 23.2 Å². The molecule has 1 spiro atoms. The van der Waals surface area contributed by atoms with Crippen molar-refractivity contribution in [2.24, 2.45) is 0 Å². The van der Waals surface area contributed by atoms with E-state index in [0.29, 0.717) is 38.0 Å². The summed E-state index contributed by atoms with van der Waals surface area (Å²) in [4.78, 5) is 26.1. The number of carbonyl (C=O) groups excluding carboxylic acids is 2. The van der Waals surface area contributed by atoms with E-state index in [1.807, 2.05) is 25.1 Å². The minimum Gasteiger partial charge on any atom is -0.487 e. The zero-order valence-electron chi connectivity index (χ0n) is 18.2. The predicted molar refractivity (Wildman–Crippen MR) is 116 cm³/mol. The van der Waals surface area contributed by atoms with Crippen LogP contribution in [0, 0.1) is 6.92 Å². The summed E-state index contributed by atoms with van der Waals surface area (Å²) >= 11 is 0. The van der Waals surface area contributed by atoms with Gasteiger partial charge in [-0.25, -0.2) is 4.79 Å². The third-order valence-corrected chi connectivity index (χ3v) is 6.19. The second-order valence-electron chi connectivity index (χ2n) is 8.57. The van der Waals surface area contributed by atoms with Crippen LogP contribution in [-0.4, -0.2) is 48.7 Å². The summed E-state index contributed by atoms with van der Waals surface area (Å²) in [6.45, 7) is 1.52. The summed E-state index contributed by atoms with van der Waals surface area (Å²) in [5.74, 6) is 0.610. The summed E-state index contributed by atoms with van der Waals surface area (Å²) in [7, 11) is 0. The highest BCUT2D eigenvalue weighted by atomic mass is 19.4. The van der Waals surface area contributed by atoms with Gasteiger partial charge in [0.2, 0.25) is 0 Å². The molecule has 6 nitrogen and oxygen atoms in total. The van der Waals surface area contributed by atoms with Crippen LogP contribution in [0.4, 0.5) is 23.7 Å². The number of anilines is 1. The molecule has 4 rings (SSSR count). The van der Waals surface area contributed by atoms with Crippen molar-refractivity contribution in [3.63, 3.8) is 0 Å². The summed E-state index contributed by atoms with van der Waals surface area (Å²) in [5.41, 5.74) is 1.87. The molecule has 2 heterocycles. The quantitative estimate of drug-likeness (QED) is 0.645. The van der Waals surface area contributed by atoms with Crippen LogP contribution >= 0.6 is 0 Å². The molecule has 2 aliphatic heterocycles. The number of hydrogen-bond donors (Lipinski definition) is 1. The maximum atomic E-state index is 12.7. The van der Waals surface area contributed by atoms with Crippen LogP contribution in [0.3, 0.4) is 0 Å². The van der Waals surface area contributed by atoms with Crippen molar-refractivity contribution in [1.82, 2.24) is 4.90 Å². The summed E-state index contributed by atoms with van der Waals surface area (Å²) in [5, 5.41) is 2.76. The van der Waals surface area contributed by atoms with Crippen LogP contribution in [0.25, 0.3) is 0 Å². The van der Waals surface area contributed by atoms with E-state index in [1.54, 1.807) is 4.90 Å². The Morgan fingerprint density at radius 1 is 1.21 bits per heavy atom. The number of carbonyl (C=O) groups is 2. The van der Waals surface area contributed by atoms with Crippen LogP contribution in [0.15, 0.2) is 42.5 Å². The number of alkyl halides is 3. The Morgan fingerprint density at radius 2 is 1.91 bits per heavy atom. The molecule has 1 N–H and O–H groups in total. The lowest BCUT2D eigenvalue weighted by atomic mass is 9.77. The highest BCUT2D eigenvalue weighted by molar-refractivity contribution is 5.89. The second kappa shape index (κ2) is 8.96. The van der Waals surface area contributed by atoms with Crippen LogP contribution in [0.1, 0.15) is 36.3 Å². The number of hydrogen-bond acceptors (Lipinski definition) is 4. The molecular weight excluding hydrogens is 437 g/mol. The molecule has 0 radical (unpaired) electrons. The highest BCUT2D eigenvalue weighted by Gasteiger charge is 2.44. The molecule has 2 aromatic rings. The Balaban J connectivity index is 1.35. The largest absolute Gasteiger partial charge is 0.487 e. The van der Waals surface area contributed by atoms with Gasteiger partial charge in [0.05, 0.1) is 0 Å². The van der Waals surface area contributed by atoms with E-state index < -0.39 is 18.4 Å². The fourth-order valence-electron chi connectivity index (χ4n) is 4.42. The summed E-state index contributed by atoms with van der Waals surface area (Å²) in [6, 6.07) is 11.3. The number of aryl methyl sites for hydroxylation is 1. The number of nitrogens with one attached hydrogen (secondary N) is 1. The number of nitrogens with zero attached hydrogens (tertiary/aromatic N) is 1. The second-order valence-corrected chi connectivity index (χ2v) is 8.57. The van der Waals surface area contributed by atoms with Crippen LogP contribution < -0.4 is 14.8 Å². The van der Waals surface area contributed by atoms with E-state index in [4.69, 9.17) is 4.74 Å². The lowest BCUT2D eigenvalue weighted by molar-refractivity contribution is -0.153. The van der Waals surface area contributed by atoms with E-state index >= 15 is 0 Å². The van der Waals surface area contributed by atoms with Gasteiger partial charge < -0.3 is 24.5 Å². The average molecular weight is 462 g/mol. The number of fused-ring (bicyclic) bond motifs is 1. The molecule has 0 saturated carbocycles. The monoisotopic (exact) mass is 462 g/mol. The molecule has 176 valence electrons. The Morgan fingerprint density at radius 3 is 2.55 bits per heavy atom. The smallest absolute Gasteiger partial charge is 0.422 e. The van der Waals surface area contributed by atoms with Crippen LogP contribution in [-0.2, 0) is 4.79 Å². The number of benzene rings is 2. The van der Waals surface area contributed by atoms with Gasteiger partial charge in [0, 0.05) is 49.5 Å². The fourth-order valence-corrected chi connectivity index (χ4v) is 4.42. The van der Waals surface area contributed by atoms with Gasteiger partial charge in [-0.15, -0.1) is 0 Å². The topological polar surface area (TPSA) is 67.9 Å². The normalized spacial score (nSPS) is 19.4. The van der Waals surface area contributed by atoms with E-state index in [9.17, 15) is 22.8 Å². The van der Waals surface area contributed by atoms with Crippen LogP contribution in [0.2, 0.25) is 0 Å². The van der Waals surface area contributed by atoms with E-state index in [-0.39, 0.29) is 17.7 Å². The molecule has 0 bridgehead atoms. The molecule has 2 amide bonds. The Kier molecular flexibility index (Phi) is 6.23.